The zero-order valence-corrected chi connectivity index (χ0v) is 12.5. The molecule has 0 amide bonds. The number of phenols is 4. The first-order valence-corrected chi connectivity index (χ1v) is 7.01. The Bertz CT molecular complexity index is 820. The maximum Gasteiger partial charge on any atom is 0.335 e. The van der Waals surface area contributed by atoms with Crippen molar-refractivity contribution in [2.75, 3.05) is 0 Å². The van der Waals surface area contributed by atoms with Crippen LogP contribution in [0.3, 0.4) is 0 Å². The van der Waals surface area contributed by atoms with Gasteiger partial charge >= 0.3 is 5.97 Å². The first-order chi connectivity index (χ1) is 11.4. The Labute approximate surface area is 137 Å². The largest absolute Gasteiger partial charge is 0.504 e. The van der Waals surface area contributed by atoms with E-state index in [9.17, 15) is 30.3 Å². The lowest BCUT2D eigenvalue weighted by Crippen LogP contribution is -1.98. The van der Waals surface area contributed by atoms with E-state index >= 15 is 0 Å². The summed E-state index contributed by atoms with van der Waals surface area (Å²) in [7, 11) is 0. The Morgan fingerprint density at radius 2 is 1.50 bits per heavy atom. The molecule has 0 aromatic heterocycles. The SMILES string of the molecule is O=C(O)C(=C\Cc1ccc(O)c(O)c1)/C=C/c1ccc(O)c(O)c1. The maximum absolute atomic E-state index is 11.3. The first-order valence-electron chi connectivity index (χ1n) is 7.01. The Balaban J connectivity index is 2.18. The first kappa shape index (κ1) is 17.0. The molecule has 0 aliphatic carbocycles. The number of benzene rings is 2. The van der Waals surface area contributed by atoms with Gasteiger partial charge in [0.1, 0.15) is 0 Å². The van der Waals surface area contributed by atoms with E-state index in [2.05, 4.69) is 0 Å². The summed E-state index contributed by atoms with van der Waals surface area (Å²) in [5.41, 5.74) is 1.19. The van der Waals surface area contributed by atoms with E-state index in [-0.39, 0.29) is 35.0 Å². The summed E-state index contributed by atoms with van der Waals surface area (Å²) in [4.78, 5) is 11.3. The molecule has 0 saturated carbocycles. The van der Waals surface area contributed by atoms with Crippen LogP contribution in [0.5, 0.6) is 23.0 Å². The third-order valence-electron chi connectivity index (χ3n) is 3.30. The van der Waals surface area contributed by atoms with E-state index in [0.29, 0.717) is 11.1 Å². The molecule has 2 rings (SSSR count). The summed E-state index contributed by atoms with van der Waals surface area (Å²) in [6, 6.07) is 8.40. The number of hydrogen-bond donors (Lipinski definition) is 5. The van der Waals surface area contributed by atoms with Crippen LogP contribution in [0.2, 0.25) is 0 Å². The average Bonchev–Trinajstić information content (AvgIpc) is 2.53. The van der Waals surface area contributed by atoms with Gasteiger partial charge in [-0.2, -0.15) is 0 Å². The molecular formula is C18H16O6. The minimum atomic E-state index is -1.13. The quantitative estimate of drug-likeness (QED) is 0.327. The summed E-state index contributed by atoms with van der Waals surface area (Å²) in [5.74, 6) is -2.19. The smallest absolute Gasteiger partial charge is 0.335 e. The summed E-state index contributed by atoms with van der Waals surface area (Å²) < 4.78 is 0. The van der Waals surface area contributed by atoms with Gasteiger partial charge in [-0.25, -0.2) is 4.79 Å². The maximum atomic E-state index is 11.3. The van der Waals surface area contributed by atoms with Gasteiger partial charge in [0.2, 0.25) is 0 Å². The van der Waals surface area contributed by atoms with Crippen molar-refractivity contribution in [3.05, 3.63) is 65.3 Å². The molecule has 0 atom stereocenters. The van der Waals surface area contributed by atoms with E-state index in [1.54, 1.807) is 6.07 Å². The molecule has 6 nitrogen and oxygen atoms in total. The number of carboxylic acids is 1. The molecule has 2 aromatic carbocycles. The lowest BCUT2D eigenvalue weighted by atomic mass is 10.1. The molecule has 0 unspecified atom stereocenters. The van der Waals surface area contributed by atoms with Gasteiger partial charge in [0.15, 0.2) is 23.0 Å². The lowest BCUT2D eigenvalue weighted by molar-refractivity contribution is -0.132. The van der Waals surface area contributed by atoms with E-state index in [4.69, 9.17) is 0 Å². The van der Waals surface area contributed by atoms with Crippen LogP contribution >= 0.6 is 0 Å². The Hall–Kier alpha value is -3.41. The molecule has 0 fully saturated rings. The molecule has 124 valence electrons. The van der Waals surface area contributed by atoms with Gasteiger partial charge < -0.3 is 25.5 Å². The van der Waals surface area contributed by atoms with Gasteiger partial charge in [-0.15, -0.1) is 0 Å². The number of carboxylic acid groups (broad SMARTS) is 1. The van der Waals surface area contributed by atoms with Crippen molar-refractivity contribution in [2.45, 2.75) is 6.42 Å². The molecule has 24 heavy (non-hydrogen) atoms. The van der Waals surface area contributed by atoms with Gasteiger partial charge in [0, 0.05) is 0 Å². The van der Waals surface area contributed by atoms with Crippen molar-refractivity contribution < 1.29 is 30.3 Å². The van der Waals surface area contributed by atoms with Crippen LogP contribution < -0.4 is 0 Å². The molecule has 5 N–H and O–H groups in total. The number of allylic oxidation sites excluding steroid dienone is 1. The number of aliphatic carboxylic acids is 1. The average molecular weight is 328 g/mol. The Morgan fingerprint density at radius 1 is 0.875 bits per heavy atom. The lowest BCUT2D eigenvalue weighted by Gasteiger charge is -2.02. The summed E-state index contributed by atoms with van der Waals surface area (Å²) >= 11 is 0. The topological polar surface area (TPSA) is 118 Å². The van der Waals surface area contributed by atoms with Crippen LogP contribution in [-0.2, 0) is 11.2 Å². The standard InChI is InChI=1S/C18H16O6/c19-14-7-3-11(9-16(14)21)1-5-13(18(23)24)6-2-12-4-8-15(20)17(22)10-12/h1,3-10,19-22H,2H2,(H,23,24)/b5-1+,13-6-. The fourth-order valence-corrected chi connectivity index (χ4v) is 1.98. The number of carbonyl (C=O) groups is 1. The van der Waals surface area contributed by atoms with E-state index in [0.717, 1.165) is 0 Å². The van der Waals surface area contributed by atoms with Crippen LogP contribution in [0.1, 0.15) is 11.1 Å². The van der Waals surface area contributed by atoms with Crippen LogP contribution in [0.15, 0.2) is 54.1 Å². The molecule has 0 aliphatic heterocycles. The van der Waals surface area contributed by atoms with Crippen molar-refractivity contribution in [3.8, 4) is 23.0 Å². The third-order valence-corrected chi connectivity index (χ3v) is 3.30. The monoisotopic (exact) mass is 328 g/mol. The molecule has 2 aromatic rings. The Kier molecular flexibility index (Phi) is 5.11. The molecular weight excluding hydrogens is 312 g/mol. The van der Waals surface area contributed by atoms with Crippen molar-refractivity contribution in [1.29, 1.82) is 0 Å². The van der Waals surface area contributed by atoms with Crippen molar-refractivity contribution in [1.82, 2.24) is 0 Å². The highest BCUT2D eigenvalue weighted by atomic mass is 16.4. The number of rotatable bonds is 5. The fraction of sp³-hybridized carbons (Fsp3) is 0.0556. The minimum absolute atomic E-state index is 0.0233. The summed E-state index contributed by atoms with van der Waals surface area (Å²) in [6.07, 6.45) is 4.58. The molecule has 0 spiro atoms. The van der Waals surface area contributed by atoms with E-state index in [1.165, 1.54) is 48.6 Å². The fourth-order valence-electron chi connectivity index (χ4n) is 1.98. The Morgan fingerprint density at radius 3 is 2.08 bits per heavy atom. The van der Waals surface area contributed by atoms with Gasteiger partial charge in [-0.3, -0.25) is 0 Å². The molecule has 0 saturated heterocycles. The third kappa shape index (κ3) is 4.30. The van der Waals surface area contributed by atoms with E-state index < -0.39 is 5.97 Å². The van der Waals surface area contributed by atoms with Crippen molar-refractivity contribution in [2.24, 2.45) is 0 Å². The normalized spacial score (nSPS) is 11.8. The molecule has 0 radical (unpaired) electrons. The number of aromatic hydroxyl groups is 4. The van der Waals surface area contributed by atoms with Gasteiger partial charge in [0.25, 0.3) is 0 Å². The summed E-state index contributed by atoms with van der Waals surface area (Å²) in [5, 5.41) is 46.6. The molecule has 0 aliphatic rings. The van der Waals surface area contributed by atoms with Crippen molar-refractivity contribution in [3.63, 3.8) is 0 Å². The van der Waals surface area contributed by atoms with Crippen molar-refractivity contribution >= 4 is 12.0 Å². The van der Waals surface area contributed by atoms with Crippen LogP contribution in [0.4, 0.5) is 0 Å². The predicted molar refractivity (Wildman–Crippen MR) is 88.0 cm³/mol. The zero-order chi connectivity index (χ0) is 17.7. The van der Waals surface area contributed by atoms with Gasteiger partial charge in [-0.1, -0.05) is 24.3 Å². The summed E-state index contributed by atoms with van der Waals surface area (Å²) in [6.45, 7) is 0. The van der Waals surface area contributed by atoms with Crippen LogP contribution in [-0.4, -0.2) is 31.5 Å². The minimum Gasteiger partial charge on any atom is -0.504 e. The van der Waals surface area contributed by atoms with E-state index in [1.807, 2.05) is 0 Å². The second-order valence-electron chi connectivity index (χ2n) is 5.07. The highest BCUT2D eigenvalue weighted by molar-refractivity contribution is 5.91. The zero-order valence-electron chi connectivity index (χ0n) is 12.5. The molecule has 6 heteroatoms. The number of phenolic OH excluding ortho intramolecular Hbond substituents is 4. The van der Waals surface area contributed by atoms with Gasteiger partial charge in [-0.05, 0) is 47.9 Å². The second-order valence-corrected chi connectivity index (χ2v) is 5.07. The van der Waals surface area contributed by atoms with Crippen LogP contribution in [0.25, 0.3) is 6.08 Å². The van der Waals surface area contributed by atoms with Crippen LogP contribution in [0, 0.1) is 0 Å². The van der Waals surface area contributed by atoms with Gasteiger partial charge in [0.05, 0.1) is 5.57 Å². The highest BCUT2D eigenvalue weighted by Crippen LogP contribution is 2.26. The number of hydrogen-bond acceptors (Lipinski definition) is 5. The second kappa shape index (κ2) is 7.23. The highest BCUT2D eigenvalue weighted by Gasteiger charge is 2.05. The molecule has 0 bridgehead atoms. The molecule has 0 heterocycles. The predicted octanol–water partition coefficient (Wildman–Crippen LogP) is 2.78.